The van der Waals surface area contributed by atoms with Gasteiger partial charge >= 0.3 is 0 Å². The van der Waals surface area contributed by atoms with Gasteiger partial charge in [-0.05, 0) is 34.7 Å². The molecule has 98 valence electrons. The number of carbonyl (C=O) groups is 2. The monoisotopic (exact) mass is 371 g/mol. The Balaban J connectivity index is 1.87. The van der Waals surface area contributed by atoms with Crippen molar-refractivity contribution < 1.29 is 9.59 Å². The van der Waals surface area contributed by atoms with Crippen LogP contribution >= 0.6 is 22.6 Å². The number of aromatic amines is 1. The zero-order valence-electron chi connectivity index (χ0n) is 9.68. The third-order valence-electron chi connectivity index (χ3n) is 2.20. The summed E-state index contributed by atoms with van der Waals surface area (Å²) in [5.74, 6) is -0.428. The number of anilines is 1. The number of H-pyrrole nitrogens is 1. The third kappa shape index (κ3) is 3.74. The molecule has 1 aromatic heterocycles. The molecule has 0 spiro atoms. The molecule has 0 radical (unpaired) electrons. The molecular weight excluding hydrogens is 361 g/mol. The molecule has 0 saturated heterocycles. The first-order valence-electron chi connectivity index (χ1n) is 5.35. The third-order valence-corrected chi connectivity index (χ3v) is 3.14. The summed E-state index contributed by atoms with van der Waals surface area (Å²) < 4.78 is 0.827. The predicted octanol–water partition coefficient (Wildman–Crippen LogP) is 0.778. The predicted molar refractivity (Wildman–Crippen MR) is 76.5 cm³/mol. The lowest BCUT2D eigenvalue weighted by atomic mass is 10.2. The number of hydrogen-bond acceptors (Lipinski definition) is 4. The van der Waals surface area contributed by atoms with Gasteiger partial charge in [0.2, 0.25) is 11.9 Å². The average molecular weight is 371 g/mol. The molecule has 2 rings (SSSR count). The maximum atomic E-state index is 11.8. The molecule has 1 heterocycles. The summed E-state index contributed by atoms with van der Waals surface area (Å²) in [6.07, 6.45) is 1.28. The van der Waals surface area contributed by atoms with Crippen LogP contribution in [0.1, 0.15) is 10.4 Å². The van der Waals surface area contributed by atoms with Crippen LogP contribution in [0.15, 0.2) is 30.6 Å². The van der Waals surface area contributed by atoms with Gasteiger partial charge < -0.3 is 5.32 Å². The van der Waals surface area contributed by atoms with E-state index in [0.29, 0.717) is 5.56 Å². The molecule has 0 aliphatic carbocycles. The topological polar surface area (TPSA) is 99.8 Å². The summed E-state index contributed by atoms with van der Waals surface area (Å²) in [7, 11) is 0. The molecule has 0 unspecified atom stereocenters. The van der Waals surface area contributed by atoms with Crippen LogP contribution < -0.4 is 10.6 Å². The summed E-state index contributed by atoms with van der Waals surface area (Å²) in [6.45, 7) is -0.134. The molecule has 19 heavy (non-hydrogen) atoms. The number of rotatable bonds is 4. The maximum Gasteiger partial charge on any atom is 0.252 e. The van der Waals surface area contributed by atoms with Crippen LogP contribution in [0.3, 0.4) is 0 Å². The van der Waals surface area contributed by atoms with E-state index >= 15 is 0 Å². The number of halogens is 1. The summed E-state index contributed by atoms with van der Waals surface area (Å²) in [6, 6.07) is 7.14. The standard InChI is InChI=1S/C11H10IN5O2/c12-8-4-2-1-3-7(8)10(19)13-5-9(18)16-11-14-6-15-17-11/h1-4,6H,5H2,(H,13,19)(H2,14,15,16,17,18). The Morgan fingerprint density at radius 2 is 2.11 bits per heavy atom. The van der Waals surface area contributed by atoms with Gasteiger partial charge in [0.1, 0.15) is 6.33 Å². The minimum atomic E-state index is -0.379. The van der Waals surface area contributed by atoms with Crippen molar-refractivity contribution in [1.82, 2.24) is 20.5 Å². The Morgan fingerprint density at radius 1 is 1.32 bits per heavy atom. The van der Waals surface area contributed by atoms with Crippen molar-refractivity contribution >= 4 is 40.4 Å². The van der Waals surface area contributed by atoms with Gasteiger partial charge in [-0.2, -0.15) is 10.1 Å². The Morgan fingerprint density at radius 3 is 2.79 bits per heavy atom. The fourth-order valence-electron chi connectivity index (χ4n) is 1.34. The van der Waals surface area contributed by atoms with Gasteiger partial charge in [0.15, 0.2) is 0 Å². The lowest BCUT2D eigenvalue weighted by molar-refractivity contribution is -0.115. The molecule has 0 fully saturated rings. The highest BCUT2D eigenvalue weighted by Gasteiger charge is 2.11. The SMILES string of the molecule is O=C(CNC(=O)c1ccccc1I)Nc1ncn[nH]1. The normalized spacial score (nSPS) is 9.95. The van der Waals surface area contributed by atoms with Crippen LogP contribution in [0, 0.1) is 3.57 Å². The van der Waals surface area contributed by atoms with Crippen molar-refractivity contribution in [1.29, 1.82) is 0 Å². The average Bonchev–Trinajstić information content (AvgIpc) is 2.89. The zero-order valence-corrected chi connectivity index (χ0v) is 11.8. The van der Waals surface area contributed by atoms with Gasteiger partial charge in [-0.15, -0.1) is 0 Å². The van der Waals surface area contributed by atoms with E-state index in [1.54, 1.807) is 12.1 Å². The van der Waals surface area contributed by atoms with Crippen molar-refractivity contribution in [2.45, 2.75) is 0 Å². The zero-order chi connectivity index (χ0) is 13.7. The van der Waals surface area contributed by atoms with E-state index in [-0.39, 0.29) is 24.3 Å². The smallest absolute Gasteiger partial charge is 0.252 e. The Hall–Kier alpha value is -1.97. The maximum absolute atomic E-state index is 11.8. The van der Waals surface area contributed by atoms with Crippen LogP contribution in [0.4, 0.5) is 5.95 Å². The van der Waals surface area contributed by atoms with E-state index in [2.05, 4.69) is 48.4 Å². The van der Waals surface area contributed by atoms with Gasteiger partial charge in [-0.3, -0.25) is 14.9 Å². The first-order valence-corrected chi connectivity index (χ1v) is 6.42. The molecule has 0 aliphatic heterocycles. The van der Waals surface area contributed by atoms with E-state index in [1.165, 1.54) is 6.33 Å². The molecule has 0 saturated carbocycles. The van der Waals surface area contributed by atoms with Crippen LogP contribution in [0.2, 0.25) is 0 Å². The second kappa shape index (κ2) is 6.27. The van der Waals surface area contributed by atoms with Crippen molar-refractivity contribution in [3.63, 3.8) is 0 Å². The van der Waals surface area contributed by atoms with Gasteiger partial charge in [0.25, 0.3) is 5.91 Å². The van der Waals surface area contributed by atoms with E-state index < -0.39 is 0 Å². The van der Waals surface area contributed by atoms with Crippen LogP contribution in [0.25, 0.3) is 0 Å². The highest BCUT2D eigenvalue weighted by Crippen LogP contribution is 2.10. The Labute approximate surface area is 122 Å². The lowest BCUT2D eigenvalue weighted by Gasteiger charge is -2.06. The molecule has 7 nitrogen and oxygen atoms in total. The second-order valence-electron chi connectivity index (χ2n) is 3.54. The van der Waals surface area contributed by atoms with Crippen LogP contribution in [-0.4, -0.2) is 33.5 Å². The molecular formula is C11H10IN5O2. The van der Waals surface area contributed by atoms with Crippen molar-refractivity contribution in [2.75, 3.05) is 11.9 Å². The highest BCUT2D eigenvalue weighted by atomic mass is 127. The van der Waals surface area contributed by atoms with Gasteiger partial charge in [0, 0.05) is 3.57 Å². The van der Waals surface area contributed by atoms with Crippen molar-refractivity contribution in [3.8, 4) is 0 Å². The van der Waals surface area contributed by atoms with E-state index in [4.69, 9.17) is 0 Å². The van der Waals surface area contributed by atoms with Gasteiger partial charge in [-0.25, -0.2) is 5.10 Å². The number of benzene rings is 1. The number of hydrogen-bond donors (Lipinski definition) is 3. The Bertz CT molecular complexity index is 585. The van der Waals surface area contributed by atoms with Crippen molar-refractivity contribution in [2.24, 2.45) is 0 Å². The molecule has 0 aliphatic rings. The number of nitrogens with one attached hydrogen (secondary N) is 3. The number of carbonyl (C=O) groups excluding carboxylic acids is 2. The summed E-state index contributed by atoms with van der Waals surface area (Å²) in [5, 5.41) is 11.1. The number of amides is 2. The minimum absolute atomic E-state index is 0.134. The molecule has 0 atom stereocenters. The molecule has 1 aromatic carbocycles. The van der Waals surface area contributed by atoms with Gasteiger partial charge in [0.05, 0.1) is 12.1 Å². The molecule has 2 aromatic rings. The molecule has 3 N–H and O–H groups in total. The van der Waals surface area contributed by atoms with Gasteiger partial charge in [-0.1, -0.05) is 12.1 Å². The van der Waals surface area contributed by atoms with E-state index in [9.17, 15) is 9.59 Å². The fraction of sp³-hybridized carbons (Fsp3) is 0.0909. The lowest BCUT2D eigenvalue weighted by Crippen LogP contribution is -2.33. The largest absolute Gasteiger partial charge is 0.343 e. The summed E-state index contributed by atoms with van der Waals surface area (Å²) in [4.78, 5) is 27.1. The Kier molecular flexibility index (Phi) is 4.44. The first kappa shape index (κ1) is 13.5. The number of nitrogens with zero attached hydrogens (tertiary/aromatic N) is 2. The van der Waals surface area contributed by atoms with Crippen LogP contribution in [-0.2, 0) is 4.79 Å². The van der Waals surface area contributed by atoms with Crippen LogP contribution in [0.5, 0.6) is 0 Å². The second-order valence-corrected chi connectivity index (χ2v) is 4.71. The minimum Gasteiger partial charge on any atom is -0.343 e. The fourth-order valence-corrected chi connectivity index (χ4v) is 1.98. The molecule has 8 heteroatoms. The molecule has 0 bridgehead atoms. The quantitative estimate of drug-likeness (QED) is 0.692. The summed E-state index contributed by atoms with van der Waals surface area (Å²) >= 11 is 2.07. The summed E-state index contributed by atoms with van der Waals surface area (Å²) in [5.41, 5.74) is 0.538. The first-order chi connectivity index (χ1) is 9.16. The van der Waals surface area contributed by atoms with E-state index in [1.807, 2.05) is 12.1 Å². The van der Waals surface area contributed by atoms with E-state index in [0.717, 1.165) is 3.57 Å². The molecule has 2 amide bonds. The highest BCUT2D eigenvalue weighted by molar-refractivity contribution is 14.1. The number of aromatic nitrogens is 3. The van der Waals surface area contributed by atoms with Crippen molar-refractivity contribution in [3.05, 3.63) is 39.7 Å².